The summed E-state index contributed by atoms with van der Waals surface area (Å²) in [6.07, 6.45) is 1.88. The first-order valence-electron chi connectivity index (χ1n) is 8.97. The summed E-state index contributed by atoms with van der Waals surface area (Å²) in [4.78, 5) is 8.91. The highest BCUT2D eigenvalue weighted by Crippen LogP contribution is 2.17. The summed E-state index contributed by atoms with van der Waals surface area (Å²) in [7, 11) is 1.62. The van der Waals surface area contributed by atoms with Gasteiger partial charge in [0, 0.05) is 17.8 Å². The number of nitrogens with two attached hydrogens (primary N) is 1. The van der Waals surface area contributed by atoms with Crippen molar-refractivity contribution in [2.75, 3.05) is 24.3 Å². The van der Waals surface area contributed by atoms with Crippen molar-refractivity contribution in [3.8, 4) is 0 Å². The second-order valence-corrected chi connectivity index (χ2v) is 6.39. The van der Waals surface area contributed by atoms with Gasteiger partial charge in [-0.25, -0.2) is 4.98 Å². The average molecular weight is 379 g/mol. The molecule has 0 bridgehead atoms. The molecule has 1 atom stereocenters. The Morgan fingerprint density at radius 1 is 1.18 bits per heavy atom. The first-order valence-corrected chi connectivity index (χ1v) is 8.97. The zero-order valence-corrected chi connectivity index (χ0v) is 16.2. The van der Waals surface area contributed by atoms with Crippen molar-refractivity contribution >= 4 is 17.6 Å². The molecule has 2 heterocycles. The van der Waals surface area contributed by atoms with E-state index in [9.17, 15) is 0 Å². The summed E-state index contributed by atoms with van der Waals surface area (Å²) in [5.41, 5.74) is 8.99. The molecule has 2 aromatic heterocycles. The molecule has 0 aliphatic carbocycles. The van der Waals surface area contributed by atoms with Gasteiger partial charge in [-0.2, -0.15) is 10.1 Å². The van der Waals surface area contributed by atoms with Crippen molar-refractivity contribution in [2.24, 2.45) is 5.73 Å². The van der Waals surface area contributed by atoms with Gasteiger partial charge in [0.1, 0.15) is 17.4 Å². The van der Waals surface area contributed by atoms with Crippen LogP contribution in [0.2, 0.25) is 0 Å². The van der Waals surface area contributed by atoms with Crippen molar-refractivity contribution in [3.63, 3.8) is 0 Å². The van der Waals surface area contributed by atoms with Crippen LogP contribution in [0.15, 0.2) is 54.3 Å². The number of nitrogens with one attached hydrogen (secondary N) is 3. The van der Waals surface area contributed by atoms with Crippen LogP contribution in [0.3, 0.4) is 0 Å². The van der Waals surface area contributed by atoms with E-state index in [0.29, 0.717) is 24.1 Å². The molecule has 8 heteroatoms. The summed E-state index contributed by atoms with van der Waals surface area (Å²) < 4.78 is 5.46. The van der Waals surface area contributed by atoms with E-state index in [4.69, 9.17) is 10.5 Å². The summed E-state index contributed by atoms with van der Waals surface area (Å²) >= 11 is 0. The molecule has 0 spiro atoms. The highest BCUT2D eigenvalue weighted by molar-refractivity contribution is 5.54. The van der Waals surface area contributed by atoms with E-state index in [2.05, 4.69) is 30.8 Å². The quantitative estimate of drug-likeness (QED) is 0.444. The summed E-state index contributed by atoms with van der Waals surface area (Å²) in [5, 5.41) is 13.4. The van der Waals surface area contributed by atoms with E-state index in [1.165, 1.54) is 0 Å². The molecule has 3 rings (SSSR count). The molecule has 0 aliphatic rings. The second kappa shape index (κ2) is 9.01. The van der Waals surface area contributed by atoms with Gasteiger partial charge >= 0.3 is 0 Å². The van der Waals surface area contributed by atoms with Gasteiger partial charge in [-0.1, -0.05) is 30.3 Å². The lowest BCUT2D eigenvalue weighted by Crippen LogP contribution is -2.14. The normalized spacial score (nSPS) is 12.5. The summed E-state index contributed by atoms with van der Waals surface area (Å²) in [5.74, 6) is 2.64. The van der Waals surface area contributed by atoms with Gasteiger partial charge in [0.15, 0.2) is 0 Å². The van der Waals surface area contributed by atoms with Crippen LogP contribution >= 0.6 is 0 Å². The summed E-state index contributed by atoms with van der Waals surface area (Å²) in [6.45, 7) is 4.25. The Bertz CT molecular complexity index is 937. The Hall–Kier alpha value is -3.39. The molecule has 8 nitrogen and oxygen atoms in total. The molecule has 0 aliphatic heterocycles. The van der Waals surface area contributed by atoms with E-state index in [1.54, 1.807) is 7.11 Å². The van der Waals surface area contributed by atoms with Crippen LogP contribution < -0.4 is 16.4 Å². The van der Waals surface area contributed by atoms with Gasteiger partial charge in [0.2, 0.25) is 5.95 Å². The van der Waals surface area contributed by atoms with Gasteiger partial charge in [-0.15, -0.1) is 0 Å². The molecule has 0 saturated heterocycles. The third kappa shape index (κ3) is 5.31. The number of rotatable bonds is 8. The first kappa shape index (κ1) is 19.4. The molecule has 1 aromatic carbocycles. The van der Waals surface area contributed by atoms with Gasteiger partial charge < -0.3 is 21.1 Å². The molecule has 0 saturated carbocycles. The van der Waals surface area contributed by atoms with Gasteiger partial charge in [0.05, 0.1) is 25.4 Å². The van der Waals surface area contributed by atoms with Crippen LogP contribution in [0.1, 0.15) is 23.0 Å². The number of anilines is 3. The average Bonchev–Trinajstić information content (AvgIpc) is 3.09. The van der Waals surface area contributed by atoms with Crippen molar-refractivity contribution in [2.45, 2.75) is 19.9 Å². The molecule has 3 aromatic rings. The maximum atomic E-state index is 6.24. The number of benzene rings is 1. The van der Waals surface area contributed by atoms with Crippen LogP contribution in [0.25, 0.3) is 0 Å². The highest BCUT2D eigenvalue weighted by atomic mass is 16.5. The number of hydrogen-bond acceptors (Lipinski definition) is 7. The topological polar surface area (TPSA) is 114 Å². The van der Waals surface area contributed by atoms with E-state index < -0.39 is 0 Å². The smallest absolute Gasteiger partial charge is 0.225 e. The Labute approximate surface area is 164 Å². The number of nitrogens with zero attached hydrogens (tertiary/aromatic N) is 3. The Morgan fingerprint density at radius 3 is 2.64 bits per heavy atom. The van der Waals surface area contributed by atoms with Gasteiger partial charge in [-0.3, -0.25) is 5.10 Å². The maximum Gasteiger partial charge on any atom is 0.225 e. The Morgan fingerprint density at radius 2 is 1.96 bits per heavy atom. The zero-order valence-electron chi connectivity index (χ0n) is 16.2. The molecule has 0 radical (unpaired) electrons. The van der Waals surface area contributed by atoms with Crippen LogP contribution in [0, 0.1) is 13.8 Å². The molecule has 0 fully saturated rings. The van der Waals surface area contributed by atoms with E-state index >= 15 is 0 Å². The third-order valence-corrected chi connectivity index (χ3v) is 4.06. The number of aromatic amines is 1. The molecule has 1 unspecified atom stereocenters. The Kier molecular flexibility index (Phi) is 6.23. The lowest BCUT2D eigenvalue weighted by Gasteiger charge is -2.13. The van der Waals surface area contributed by atoms with Crippen molar-refractivity contribution in [1.29, 1.82) is 0 Å². The van der Waals surface area contributed by atoms with Crippen molar-refractivity contribution in [3.05, 3.63) is 71.3 Å². The minimum Gasteiger partial charge on any atom is -0.499 e. The van der Waals surface area contributed by atoms with Crippen LogP contribution in [0.5, 0.6) is 0 Å². The number of ether oxygens (including phenoxy) is 1. The molecule has 146 valence electrons. The van der Waals surface area contributed by atoms with Gasteiger partial charge in [-0.05, 0) is 25.5 Å². The fourth-order valence-corrected chi connectivity index (χ4v) is 2.67. The fourth-order valence-electron chi connectivity index (χ4n) is 2.67. The van der Waals surface area contributed by atoms with Crippen LogP contribution in [-0.2, 0) is 4.74 Å². The predicted molar refractivity (Wildman–Crippen MR) is 110 cm³/mol. The minimum atomic E-state index is -0.253. The van der Waals surface area contributed by atoms with Gasteiger partial charge in [0.25, 0.3) is 0 Å². The molecular formula is C20H25N7O. The Balaban J connectivity index is 1.67. The van der Waals surface area contributed by atoms with Crippen molar-refractivity contribution in [1.82, 2.24) is 20.2 Å². The molecule has 0 amide bonds. The number of H-pyrrole nitrogens is 1. The van der Waals surface area contributed by atoms with E-state index in [-0.39, 0.29) is 6.04 Å². The van der Waals surface area contributed by atoms with E-state index in [1.807, 2.05) is 62.4 Å². The van der Waals surface area contributed by atoms with E-state index in [0.717, 1.165) is 22.8 Å². The fraction of sp³-hybridized carbons (Fsp3) is 0.250. The SMILES string of the molecule is CO/C(=C\C(N)c1ccccc1)CNc1nc(C)cc(Nc2cc(C)n[nH]2)n1. The monoisotopic (exact) mass is 379 g/mol. The van der Waals surface area contributed by atoms with Crippen LogP contribution in [0.4, 0.5) is 17.6 Å². The molecule has 5 N–H and O–H groups in total. The summed E-state index contributed by atoms with van der Waals surface area (Å²) in [6, 6.07) is 13.4. The third-order valence-electron chi connectivity index (χ3n) is 4.06. The standard InChI is InChI=1S/C20H25N7O/c1-13-9-18(24-19-10-14(2)26-27-19)25-20(23-13)22-12-16(28-3)11-17(21)15-7-5-4-6-8-15/h4-11,17H,12,21H2,1-3H3,(H3,22,23,24,25,26,27)/b16-11-. The number of aromatic nitrogens is 4. The number of aryl methyl sites for hydroxylation is 2. The largest absolute Gasteiger partial charge is 0.499 e. The maximum absolute atomic E-state index is 6.24. The first-order chi connectivity index (χ1) is 13.5. The minimum absolute atomic E-state index is 0.253. The van der Waals surface area contributed by atoms with Crippen LogP contribution in [-0.4, -0.2) is 33.8 Å². The predicted octanol–water partition coefficient (Wildman–Crippen LogP) is 3.20. The zero-order chi connectivity index (χ0) is 19.9. The lowest BCUT2D eigenvalue weighted by molar-refractivity contribution is 0.286. The molecule has 28 heavy (non-hydrogen) atoms. The molecular weight excluding hydrogens is 354 g/mol. The lowest BCUT2D eigenvalue weighted by atomic mass is 10.1. The second-order valence-electron chi connectivity index (χ2n) is 6.39. The number of hydrogen-bond donors (Lipinski definition) is 4. The highest BCUT2D eigenvalue weighted by Gasteiger charge is 2.08. The number of methoxy groups -OCH3 is 1. The van der Waals surface area contributed by atoms with Crippen molar-refractivity contribution < 1.29 is 4.74 Å².